The Morgan fingerprint density at radius 1 is 0.542 bits per heavy atom. The highest BCUT2D eigenvalue weighted by Gasteiger charge is 2.07. The Morgan fingerprint density at radius 2 is 0.958 bits per heavy atom. The van der Waals surface area contributed by atoms with Gasteiger partial charge in [0.2, 0.25) is 0 Å². The third-order valence-corrected chi connectivity index (χ3v) is 3.71. The van der Waals surface area contributed by atoms with E-state index in [2.05, 4.69) is 20.6 Å². The lowest BCUT2D eigenvalue weighted by Crippen LogP contribution is -1.98. The molecule has 4 aromatic rings. The number of nitrogens with zero attached hydrogens (tertiary/aromatic N) is 2. The van der Waals surface area contributed by atoms with Gasteiger partial charge in [-0.15, -0.1) is 0 Å². The highest BCUT2D eigenvalue weighted by molar-refractivity contribution is 5.90. The number of hydrogen-bond donors (Lipinski definition) is 2. The maximum Gasteiger partial charge on any atom is 0.0909 e. The molecule has 4 rings (SSSR count). The van der Waals surface area contributed by atoms with E-state index in [4.69, 9.17) is 0 Å². The average Bonchev–Trinajstić information content (AvgIpc) is 2.64. The largest absolute Gasteiger partial charge is 0.354 e. The summed E-state index contributed by atoms with van der Waals surface area (Å²) in [7, 11) is 0. The molecule has 0 atom stereocenters. The molecule has 0 unspecified atom stereocenters. The zero-order valence-electron chi connectivity index (χ0n) is 13.0. The molecule has 116 valence electrons. The number of hydrogen-bond acceptors (Lipinski definition) is 4. The van der Waals surface area contributed by atoms with Crippen molar-refractivity contribution in [3.8, 4) is 0 Å². The molecular weight excluding hydrogens is 296 g/mol. The number of aromatic nitrogens is 2. The number of fused-ring (bicyclic) bond motifs is 1. The highest BCUT2D eigenvalue weighted by atomic mass is 15.0. The number of nitrogens with one attached hydrogen (secondary N) is 2. The fourth-order valence-electron chi connectivity index (χ4n) is 2.57. The first kappa shape index (κ1) is 14.2. The fourth-order valence-corrected chi connectivity index (χ4v) is 2.57. The standard InChI is InChI=1S/C20H16N4/c1-3-7-15(8-4-1)23-19-13-17-18(22-12-11-21-17)14-20(19)24-16-9-5-2-6-10-16/h1-14,23-24H. The van der Waals surface area contributed by atoms with Crippen molar-refractivity contribution in [1.82, 2.24) is 9.97 Å². The van der Waals surface area contributed by atoms with Gasteiger partial charge in [-0.25, -0.2) is 0 Å². The maximum atomic E-state index is 4.40. The van der Waals surface area contributed by atoms with Gasteiger partial charge < -0.3 is 10.6 Å². The molecule has 4 nitrogen and oxygen atoms in total. The average molecular weight is 312 g/mol. The van der Waals surface area contributed by atoms with Crippen LogP contribution in [0.3, 0.4) is 0 Å². The molecule has 0 bridgehead atoms. The third-order valence-electron chi connectivity index (χ3n) is 3.71. The van der Waals surface area contributed by atoms with Crippen LogP contribution >= 0.6 is 0 Å². The number of benzene rings is 3. The lowest BCUT2D eigenvalue weighted by Gasteiger charge is -2.15. The predicted molar refractivity (Wildman–Crippen MR) is 99.0 cm³/mol. The molecular formula is C20H16N4. The monoisotopic (exact) mass is 312 g/mol. The second-order valence-electron chi connectivity index (χ2n) is 5.42. The first-order chi connectivity index (χ1) is 11.9. The smallest absolute Gasteiger partial charge is 0.0909 e. The molecule has 0 amide bonds. The van der Waals surface area contributed by atoms with Crippen molar-refractivity contribution in [3.63, 3.8) is 0 Å². The zero-order chi connectivity index (χ0) is 16.2. The minimum atomic E-state index is 0.856. The van der Waals surface area contributed by atoms with Gasteiger partial charge in [0.05, 0.1) is 22.4 Å². The lowest BCUT2D eigenvalue weighted by atomic mass is 10.2. The summed E-state index contributed by atoms with van der Waals surface area (Å²) in [5, 5.41) is 6.91. The Balaban J connectivity index is 1.78. The second-order valence-corrected chi connectivity index (χ2v) is 5.42. The van der Waals surface area contributed by atoms with Gasteiger partial charge in [-0.05, 0) is 36.4 Å². The van der Waals surface area contributed by atoms with Crippen LogP contribution in [-0.2, 0) is 0 Å². The molecule has 1 heterocycles. The Morgan fingerprint density at radius 3 is 1.38 bits per heavy atom. The minimum absolute atomic E-state index is 0.856. The van der Waals surface area contributed by atoms with Crippen LogP contribution in [-0.4, -0.2) is 9.97 Å². The van der Waals surface area contributed by atoms with E-state index >= 15 is 0 Å². The molecule has 0 aliphatic carbocycles. The molecule has 24 heavy (non-hydrogen) atoms. The van der Waals surface area contributed by atoms with E-state index in [1.165, 1.54) is 0 Å². The van der Waals surface area contributed by atoms with Crippen LogP contribution in [0.1, 0.15) is 0 Å². The van der Waals surface area contributed by atoms with Crippen molar-refractivity contribution in [1.29, 1.82) is 0 Å². The molecule has 4 heteroatoms. The molecule has 2 N–H and O–H groups in total. The van der Waals surface area contributed by atoms with E-state index in [0.29, 0.717) is 0 Å². The Bertz CT molecular complexity index is 873. The molecule has 0 fully saturated rings. The van der Waals surface area contributed by atoms with Crippen LogP contribution in [0.5, 0.6) is 0 Å². The zero-order valence-corrected chi connectivity index (χ0v) is 13.0. The summed E-state index contributed by atoms with van der Waals surface area (Å²) in [5.74, 6) is 0. The van der Waals surface area contributed by atoms with Gasteiger partial charge in [-0.3, -0.25) is 9.97 Å². The highest BCUT2D eigenvalue weighted by Crippen LogP contribution is 2.31. The number of anilines is 4. The molecule has 0 aliphatic rings. The Labute approximate surface area is 140 Å². The van der Waals surface area contributed by atoms with E-state index < -0.39 is 0 Å². The van der Waals surface area contributed by atoms with Crippen LogP contribution in [0, 0.1) is 0 Å². The van der Waals surface area contributed by atoms with Crippen molar-refractivity contribution in [3.05, 3.63) is 85.2 Å². The van der Waals surface area contributed by atoms with Crippen molar-refractivity contribution < 1.29 is 0 Å². The van der Waals surface area contributed by atoms with Crippen LogP contribution in [0.4, 0.5) is 22.7 Å². The van der Waals surface area contributed by atoms with E-state index in [0.717, 1.165) is 33.8 Å². The van der Waals surface area contributed by atoms with Gasteiger partial charge in [-0.2, -0.15) is 0 Å². The van der Waals surface area contributed by atoms with E-state index in [1.807, 2.05) is 72.8 Å². The minimum Gasteiger partial charge on any atom is -0.354 e. The molecule has 0 saturated carbocycles. The maximum absolute atomic E-state index is 4.40. The molecule has 3 aromatic carbocycles. The summed E-state index contributed by atoms with van der Waals surface area (Å²) in [6.07, 6.45) is 3.41. The molecule has 0 radical (unpaired) electrons. The van der Waals surface area contributed by atoms with Crippen molar-refractivity contribution in [2.45, 2.75) is 0 Å². The summed E-state index contributed by atoms with van der Waals surface area (Å²) < 4.78 is 0. The van der Waals surface area contributed by atoms with E-state index in [9.17, 15) is 0 Å². The lowest BCUT2D eigenvalue weighted by molar-refractivity contribution is 1.29. The molecule has 0 aliphatic heterocycles. The predicted octanol–water partition coefficient (Wildman–Crippen LogP) is 5.12. The van der Waals surface area contributed by atoms with Gasteiger partial charge >= 0.3 is 0 Å². The van der Waals surface area contributed by atoms with E-state index in [1.54, 1.807) is 12.4 Å². The summed E-state index contributed by atoms with van der Waals surface area (Å²) in [6, 6.07) is 24.2. The molecule has 0 saturated heterocycles. The fraction of sp³-hybridized carbons (Fsp3) is 0. The summed E-state index contributed by atoms with van der Waals surface area (Å²) in [6.45, 7) is 0. The van der Waals surface area contributed by atoms with Gasteiger partial charge in [0.15, 0.2) is 0 Å². The second kappa shape index (κ2) is 6.38. The summed E-state index contributed by atoms with van der Waals surface area (Å²) in [5.41, 5.74) is 5.67. The van der Waals surface area contributed by atoms with Gasteiger partial charge in [0, 0.05) is 23.8 Å². The van der Waals surface area contributed by atoms with Crippen molar-refractivity contribution >= 4 is 33.8 Å². The Kier molecular flexibility index (Phi) is 3.78. The number of para-hydroxylation sites is 2. The SMILES string of the molecule is c1ccc(Nc2cc3nccnc3cc2Nc2ccccc2)cc1. The van der Waals surface area contributed by atoms with Crippen LogP contribution in [0.15, 0.2) is 85.2 Å². The van der Waals surface area contributed by atoms with Crippen LogP contribution in [0.2, 0.25) is 0 Å². The van der Waals surface area contributed by atoms with Gasteiger partial charge in [0.25, 0.3) is 0 Å². The van der Waals surface area contributed by atoms with Crippen molar-refractivity contribution in [2.75, 3.05) is 10.6 Å². The quantitative estimate of drug-likeness (QED) is 0.549. The number of rotatable bonds is 4. The summed E-state index contributed by atoms with van der Waals surface area (Å²) in [4.78, 5) is 8.80. The van der Waals surface area contributed by atoms with Crippen molar-refractivity contribution in [2.24, 2.45) is 0 Å². The molecule has 1 aromatic heterocycles. The normalized spacial score (nSPS) is 10.5. The Hall–Kier alpha value is -3.40. The van der Waals surface area contributed by atoms with Gasteiger partial charge in [0.1, 0.15) is 0 Å². The molecule has 0 spiro atoms. The summed E-state index contributed by atoms with van der Waals surface area (Å²) >= 11 is 0. The third kappa shape index (κ3) is 3.03. The van der Waals surface area contributed by atoms with Crippen LogP contribution < -0.4 is 10.6 Å². The first-order valence-corrected chi connectivity index (χ1v) is 7.77. The first-order valence-electron chi connectivity index (χ1n) is 7.77. The topological polar surface area (TPSA) is 49.8 Å². The van der Waals surface area contributed by atoms with Gasteiger partial charge in [-0.1, -0.05) is 36.4 Å². The van der Waals surface area contributed by atoms with Crippen LogP contribution in [0.25, 0.3) is 11.0 Å². The van der Waals surface area contributed by atoms with E-state index in [-0.39, 0.29) is 0 Å².